The van der Waals surface area contributed by atoms with Gasteiger partial charge in [0, 0.05) is 11.1 Å². The summed E-state index contributed by atoms with van der Waals surface area (Å²) in [7, 11) is 0. The van der Waals surface area contributed by atoms with E-state index in [1.54, 1.807) is 0 Å². The summed E-state index contributed by atoms with van der Waals surface area (Å²) in [5.74, 6) is -0.915. The highest BCUT2D eigenvalue weighted by atomic mass is 79.9. The Labute approximate surface area is 109 Å². The fraction of sp³-hybridized carbons (Fsp3) is 0.538. The molecule has 1 nitrogen and oxygen atoms in total. The number of nitrogens with one attached hydrogen (secondary N) is 1. The molecule has 0 amide bonds. The molecule has 4 heteroatoms. The van der Waals surface area contributed by atoms with Crippen LogP contribution in [0.2, 0.25) is 0 Å². The molecule has 0 spiro atoms. The monoisotopic (exact) mass is 303 g/mol. The number of hydrogen-bond acceptors (Lipinski definition) is 1. The van der Waals surface area contributed by atoms with Crippen LogP contribution in [-0.4, -0.2) is 6.54 Å². The van der Waals surface area contributed by atoms with E-state index >= 15 is 0 Å². The van der Waals surface area contributed by atoms with Crippen molar-refractivity contribution in [3.05, 3.63) is 33.8 Å². The molecule has 1 saturated heterocycles. The minimum absolute atomic E-state index is 0.200. The van der Waals surface area contributed by atoms with Crippen molar-refractivity contribution in [2.24, 2.45) is 0 Å². The van der Waals surface area contributed by atoms with Crippen LogP contribution in [-0.2, 0) is 5.54 Å². The third kappa shape index (κ3) is 2.25. The molecule has 94 valence electrons. The predicted molar refractivity (Wildman–Crippen MR) is 67.9 cm³/mol. The van der Waals surface area contributed by atoms with Crippen molar-refractivity contribution < 1.29 is 8.78 Å². The van der Waals surface area contributed by atoms with Gasteiger partial charge in [-0.25, -0.2) is 8.78 Å². The number of halogens is 3. The molecule has 0 radical (unpaired) electrons. The Morgan fingerprint density at radius 1 is 1.41 bits per heavy atom. The molecule has 0 saturated carbocycles. The van der Waals surface area contributed by atoms with Gasteiger partial charge in [-0.3, -0.25) is 0 Å². The second-order valence-corrected chi connectivity index (χ2v) is 5.43. The van der Waals surface area contributed by atoms with Crippen LogP contribution in [0.1, 0.15) is 38.2 Å². The van der Waals surface area contributed by atoms with E-state index in [2.05, 4.69) is 21.2 Å². The van der Waals surface area contributed by atoms with E-state index in [9.17, 15) is 8.78 Å². The SMILES string of the molecule is CCCC1(c2c(F)ccc(Br)c2F)CCCN1. The molecule has 1 aromatic carbocycles. The van der Waals surface area contributed by atoms with Gasteiger partial charge in [-0.1, -0.05) is 13.3 Å². The Hall–Kier alpha value is -0.480. The molecular weight excluding hydrogens is 288 g/mol. The summed E-state index contributed by atoms with van der Waals surface area (Å²) in [6, 6.07) is 2.75. The number of rotatable bonds is 3. The van der Waals surface area contributed by atoms with E-state index in [1.165, 1.54) is 12.1 Å². The molecule has 1 fully saturated rings. The molecule has 17 heavy (non-hydrogen) atoms. The van der Waals surface area contributed by atoms with Crippen molar-refractivity contribution in [1.82, 2.24) is 5.32 Å². The van der Waals surface area contributed by atoms with Crippen molar-refractivity contribution in [2.75, 3.05) is 6.54 Å². The lowest BCUT2D eigenvalue weighted by Crippen LogP contribution is -2.38. The van der Waals surface area contributed by atoms with Gasteiger partial charge in [-0.05, 0) is 53.9 Å². The van der Waals surface area contributed by atoms with Crippen LogP contribution in [0.3, 0.4) is 0 Å². The van der Waals surface area contributed by atoms with E-state index in [0.717, 1.165) is 32.2 Å². The molecule has 1 aromatic rings. The maximum atomic E-state index is 14.2. The van der Waals surface area contributed by atoms with Gasteiger partial charge in [-0.15, -0.1) is 0 Å². The molecule has 1 aliphatic rings. The highest BCUT2D eigenvalue weighted by molar-refractivity contribution is 9.10. The molecule has 0 aliphatic carbocycles. The Kier molecular flexibility index (Phi) is 3.83. The van der Waals surface area contributed by atoms with Crippen LogP contribution in [0.4, 0.5) is 8.78 Å². The van der Waals surface area contributed by atoms with Crippen LogP contribution in [0, 0.1) is 11.6 Å². The quantitative estimate of drug-likeness (QED) is 0.829. The normalized spacial score (nSPS) is 24.2. The van der Waals surface area contributed by atoms with Gasteiger partial charge < -0.3 is 5.32 Å². The first-order valence-electron chi connectivity index (χ1n) is 6.00. The number of hydrogen-bond donors (Lipinski definition) is 1. The predicted octanol–water partition coefficient (Wildman–Crippen LogP) is 4.11. The molecule has 1 unspecified atom stereocenters. The zero-order chi connectivity index (χ0) is 12.5. The van der Waals surface area contributed by atoms with E-state index in [4.69, 9.17) is 0 Å². The molecule has 0 aromatic heterocycles. The fourth-order valence-electron chi connectivity index (χ4n) is 2.75. The molecule has 1 atom stereocenters. The van der Waals surface area contributed by atoms with Crippen LogP contribution >= 0.6 is 15.9 Å². The minimum atomic E-state index is -0.521. The van der Waals surface area contributed by atoms with Crippen LogP contribution in [0.25, 0.3) is 0 Å². The molecule has 1 N–H and O–H groups in total. The zero-order valence-corrected chi connectivity index (χ0v) is 11.4. The summed E-state index contributed by atoms with van der Waals surface area (Å²) in [4.78, 5) is 0. The molecule has 0 bridgehead atoms. The maximum absolute atomic E-state index is 14.2. The highest BCUT2D eigenvalue weighted by Crippen LogP contribution is 2.39. The van der Waals surface area contributed by atoms with Crippen LogP contribution in [0.5, 0.6) is 0 Å². The Balaban J connectivity index is 2.53. The topological polar surface area (TPSA) is 12.0 Å². The maximum Gasteiger partial charge on any atom is 0.145 e. The second-order valence-electron chi connectivity index (χ2n) is 4.58. The zero-order valence-electron chi connectivity index (χ0n) is 9.82. The van der Waals surface area contributed by atoms with E-state index in [-0.39, 0.29) is 5.56 Å². The van der Waals surface area contributed by atoms with E-state index in [0.29, 0.717) is 4.47 Å². The van der Waals surface area contributed by atoms with Gasteiger partial charge in [0.25, 0.3) is 0 Å². The molecule has 1 heterocycles. The highest BCUT2D eigenvalue weighted by Gasteiger charge is 2.39. The first kappa shape index (κ1) is 13.0. The van der Waals surface area contributed by atoms with Gasteiger partial charge in [0.2, 0.25) is 0 Å². The third-order valence-corrected chi connectivity index (χ3v) is 4.06. The lowest BCUT2D eigenvalue weighted by Gasteiger charge is -2.31. The van der Waals surface area contributed by atoms with Gasteiger partial charge in [-0.2, -0.15) is 0 Å². The smallest absolute Gasteiger partial charge is 0.145 e. The van der Waals surface area contributed by atoms with Gasteiger partial charge in [0.05, 0.1) is 4.47 Å². The van der Waals surface area contributed by atoms with E-state index < -0.39 is 17.2 Å². The summed E-state index contributed by atoms with van der Waals surface area (Å²) in [5.41, 5.74) is -0.321. The van der Waals surface area contributed by atoms with Crippen molar-refractivity contribution in [3.63, 3.8) is 0 Å². The molecule has 2 rings (SSSR count). The summed E-state index contributed by atoms with van der Waals surface area (Å²) in [6.07, 6.45) is 3.42. The lowest BCUT2D eigenvalue weighted by atomic mass is 9.83. The summed E-state index contributed by atoms with van der Waals surface area (Å²) < 4.78 is 28.4. The summed E-state index contributed by atoms with van der Waals surface area (Å²) in [5, 5.41) is 3.30. The van der Waals surface area contributed by atoms with E-state index in [1.807, 2.05) is 6.92 Å². The van der Waals surface area contributed by atoms with Crippen LogP contribution < -0.4 is 5.32 Å². The average molecular weight is 304 g/mol. The third-order valence-electron chi connectivity index (χ3n) is 3.44. The largest absolute Gasteiger partial charge is 0.307 e. The van der Waals surface area contributed by atoms with Crippen molar-refractivity contribution in [2.45, 2.75) is 38.1 Å². The Morgan fingerprint density at radius 3 is 2.76 bits per heavy atom. The fourth-order valence-corrected chi connectivity index (χ4v) is 3.08. The minimum Gasteiger partial charge on any atom is -0.307 e. The van der Waals surface area contributed by atoms with Gasteiger partial charge in [0.15, 0.2) is 0 Å². The molecular formula is C13H16BrF2N. The average Bonchev–Trinajstić information content (AvgIpc) is 2.74. The van der Waals surface area contributed by atoms with Crippen molar-refractivity contribution in [3.8, 4) is 0 Å². The first-order chi connectivity index (χ1) is 8.10. The van der Waals surface area contributed by atoms with Crippen LogP contribution in [0.15, 0.2) is 16.6 Å². The second kappa shape index (κ2) is 5.02. The van der Waals surface area contributed by atoms with Gasteiger partial charge in [0.1, 0.15) is 11.6 Å². The Bertz CT molecular complexity index is 414. The Morgan fingerprint density at radius 2 is 2.18 bits per heavy atom. The van der Waals surface area contributed by atoms with Crippen molar-refractivity contribution >= 4 is 15.9 Å². The van der Waals surface area contributed by atoms with Crippen molar-refractivity contribution in [1.29, 1.82) is 0 Å². The van der Waals surface area contributed by atoms with Gasteiger partial charge >= 0.3 is 0 Å². The first-order valence-corrected chi connectivity index (χ1v) is 6.79. The lowest BCUT2D eigenvalue weighted by molar-refractivity contribution is 0.324. The molecule has 1 aliphatic heterocycles. The number of benzene rings is 1. The standard InChI is InChI=1S/C13H16BrF2N/c1-2-6-13(7-3-8-17-13)11-10(15)5-4-9(14)12(11)16/h4-5,17H,2-3,6-8H2,1H3. The summed E-state index contributed by atoms with van der Waals surface area (Å²) >= 11 is 3.13. The summed E-state index contributed by atoms with van der Waals surface area (Å²) in [6.45, 7) is 2.86.